The fourth-order valence-corrected chi connectivity index (χ4v) is 2.54. The molecule has 0 unspecified atom stereocenters. The van der Waals surface area contributed by atoms with Gasteiger partial charge in [0.1, 0.15) is 4.88 Å². The number of amides is 1. The van der Waals surface area contributed by atoms with Crippen LogP contribution in [-0.2, 0) is 6.42 Å². The highest BCUT2D eigenvalue weighted by Gasteiger charge is 2.13. The first-order valence-corrected chi connectivity index (χ1v) is 6.63. The molecule has 0 saturated carbocycles. The van der Waals surface area contributed by atoms with Gasteiger partial charge < -0.3 is 5.32 Å². The maximum absolute atomic E-state index is 12.1. The molecule has 0 saturated heterocycles. The van der Waals surface area contributed by atoms with Gasteiger partial charge in [0.05, 0.1) is 23.2 Å². The van der Waals surface area contributed by atoms with Crippen molar-refractivity contribution >= 4 is 22.9 Å². The number of nitriles is 1. The Bertz CT molecular complexity index is 638. The van der Waals surface area contributed by atoms with E-state index in [9.17, 15) is 4.79 Å². The van der Waals surface area contributed by atoms with Crippen LogP contribution in [0.4, 0.5) is 5.69 Å². The van der Waals surface area contributed by atoms with Crippen LogP contribution in [0.25, 0.3) is 0 Å². The van der Waals surface area contributed by atoms with E-state index in [0.29, 0.717) is 11.3 Å². The Morgan fingerprint density at radius 3 is 2.58 bits per heavy atom. The Morgan fingerprint density at radius 1 is 1.37 bits per heavy atom. The van der Waals surface area contributed by atoms with Crippen LogP contribution in [0, 0.1) is 25.2 Å². The third kappa shape index (κ3) is 3.18. The molecule has 0 spiro atoms. The van der Waals surface area contributed by atoms with Crippen molar-refractivity contribution in [1.29, 1.82) is 5.26 Å². The van der Waals surface area contributed by atoms with Gasteiger partial charge in [-0.1, -0.05) is 12.1 Å². The quantitative estimate of drug-likeness (QED) is 0.933. The summed E-state index contributed by atoms with van der Waals surface area (Å²) in [6, 6.07) is 9.36. The second kappa shape index (κ2) is 5.63. The van der Waals surface area contributed by atoms with E-state index in [1.165, 1.54) is 11.3 Å². The zero-order chi connectivity index (χ0) is 13.8. The number of hydrogen-bond donors (Lipinski definition) is 1. The standard InChI is InChI=1S/C14H13N3OS/c1-9-13(19-10(2)16-9)14(18)17-12-5-3-11(4-6-12)7-8-15/h3-6H,7H2,1-2H3,(H,17,18). The van der Waals surface area contributed by atoms with Gasteiger partial charge in [0.2, 0.25) is 0 Å². The number of carbonyl (C=O) groups is 1. The minimum Gasteiger partial charge on any atom is -0.321 e. The number of rotatable bonds is 3. The van der Waals surface area contributed by atoms with E-state index < -0.39 is 0 Å². The Balaban J connectivity index is 2.11. The van der Waals surface area contributed by atoms with Gasteiger partial charge >= 0.3 is 0 Å². The van der Waals surface area contributed by atoms with E-state index in [4.69, 9.17) is 5.26 Å². The average molecular weight is 271 g/mol. The predicted molar refractivity (Wildman–Crippen MR) is 75.3 cm³/mol. The molecule has 0 fully saturated rings. The molecule has 0 atom stereocenters. The average Bonchev–Trinajstić information content (AvgIpc) is 2.71. The highest BCUT2D eigenvalue weighted by atomic mass is 32.1. The SMILES string of the molecule is Cc1nc(C)c(C(=O)Nc2ccc(CC#N)cc2)s1. The second-order valence-electron chi connectivity index (χ2n) is 4.13. The topological polar surface area (TPSA) is 65.8 Å². The molecule has 0 bridgehead atoms. The van der Waals surface area contributed by atoms with Gasteiger partial charge in [-0.3, -0.25) is 4.79 Å². The monoisotopic (exact) mass is 271 g/mol. The first-order chi connectivity index (χ1) is 9.10. The molecule has 2 rings (SSSR count). The lowest BCUT2D eigenvalue weighted by molar-refractivity contribution is 0.103. The van der Waals surface area contributed by atoms with Crippen molar-refractivity contribution in [3.05, 3.63) is 45.4 Å². The molecule has 19 heavy (non-hydrogen) atoms. The lowest BCUT2D eigenvalue weighted by Gasteiger charge is -2.04. The molecule has 1 aromatic heterocycles. The second-order valence-corrected chi connectivity index (χ2v) is 5.34. The minimum absolute atomic E-state index is 0.142. The number of thiazole rings is 1. The molecular formula is C14H13N3OS. The predicted octanol–water partition coefficient (Wildman–Crippen LogP) is 3.08. The van der Waals surface area contributed by atoms with E-state index >= 15 is 0 Å². The Morgan fingerprint density at radius 2 is 2.05 bits per heavy atom. The van der Waals surface area contributed by atoms with Crippen LogP contribution in [0.15, 0.2) is 24.3 Å². The third-order valence-corrected chi connectivity index (χ3v) is 3.68. The Hall–Kier alpha value is -2.19. The van der Waals surface area contributed by atoms with Gasteiger partial charge in [-0.25, -0.2) is 4.98 Å². The summed E-state index contributed by atoms with van der Waals surface area (Å²) in [5.41, 5.74) is 2.41. The number of benzene rings is 1. The molecule has 1 N–H and O–H groups in total. The van der Waals surface area contributed by atoms with Crippen LogP contribution < -0.4 is 5.32 Å². The molecule has 5 heteroatoms. The molecule has 1 aromatic carbocycles. The molecule has 0 aliphatic heterocycles. The lowest BCUT2D eigenvalue weighted by Crippen LogP contribution is -2.11. The van der Waals surface area contributed by atoms with Crippen LogP contribution in [0.5, 0.6) is 0 Å². The summed E-state index contributed by atoms with van der Waals surface area (Å²) in [6.07, 6.45) is 0.376. The van der Waals surface area contributed by atoms with E-state index in [1.807, 2.05) is 26.0 Å². The van der Waals surface area contributed by atoms with Gasteiger partial charge in [0, 0.05) is 5.69 Å². The molecule has 2 aromatic rings. The highest BCUT2D eigenvalue weighted by Crippen LogP contribution is 2.19. The van der Waals surface area contributed by atoms with Crippen molar-refractivity contribution in [3.8, 4) is 6.07 Å². The van der Waals surface area contributed by atoms with Crippen LogP contribution in [0.1, 0.15) is 25.9 Å². The first-order valence-electron chi connectivity index (χ1n) is 5.81. The molecule has 0 radical (unpaired) electrons. The van der Waals surface area contributed by atoms with Crippen molar-refractivity contribution < 1.29 is 4.79 Å². The summed E-state index contributed by atoms with van der Waals surface area (Å²) >= 11 is 1.39. The first kappa shape index (κ1) is 13.2. The van der Waals surface area contributed by atoms with Crippen LogP contribution in [0.3, 0.4) is 0 Å². The normalized spacial score (nSPS) is 9.95. The van der Waals surface area contributed by atoms with E-state index in [-0.39, 0.29) is 5.91 Å². The largest absolute Gasteiger partial charge is 0.321 e. The number of nitrogens with one attached hydrogen (secondary N) is 1. The minimum atomic E-state index is -0.142. The number of nitrogens with zero attached hydrogens (tertiary/aromatic N) is 2. The fourth-order valence-electron chi connectivity index (χ4n) is 1.73. The Kier molecular flexibility index (Phi) is 3.93. The Labute approximate surface area is 115 Å². The summed E-state index contributed by atoms with van der Waals surface area (Å²) in [4.78, 5) is 16.9. The van der Waals surface area contributed by atoms with Gasteiger partial charge in [-0.05, 0) is 31.5 Å². The summed E-state index contributed by atoms with van der Waals surface area (Å²) in [5, 5.41) is 12.3. The maximum atomic E-state index is 12.1. The number of anilines is 1. The molecule has 1 amide bonds. The van der Waals surface area contributed by atoms with Gasteiger partial charge in [-0.15, -0.1) is 11.3 Å². The number of carbonyl (C=O) groups excluding carboxylic acids is 1. The smallest absolute Gasteiger partial charge is 0.267 e. The molecule has 1 heterocycles. The lowest BCUT2D eigenvalue weighted by atomic mass is 10.1. The van der Waals surface area contributed by atoms with Gasteiger partial charge in [0.15, 0.2) is 0 Å². The molecule has 0 aliphatic carbocycles. The highest BCUT2D eigenvalue weighted by molar-refractivity contribution is 7.13. The number of aryl methyl sites for hydroxylation is 2. The third-order valence-electron chi connectivity index (χ3n) is 2.60. The molecule has 96 valence electrons. The summed E-state index contributed by atoms with van der Waals surface area (Å²) in [5.74, 6) is -0.142. The van der Waals surface area contributed by atoms with Crippen LogP contribution in [0.2, 0.25) is 0 Å². The zero-order valence-electron chi connectivity index (χ0n) is 10.7. The summed E-state index contributed by atoms with van der Waals surface area (Å²) < 4.78 is 0. The van der Waals surface area contributed by atoms with E-state index in [2.05, 4.69) is 16.4 Å². The van der Waals surface area contributed by atoms with E-state index in [1.54, 1.807) is 12.1 Å². The van der Waals surface area contributed by atoms with Crippen molar-refractivity contribution in [2.45, 2.75) is 20.3 Å². The van der Waals surface area contributed by atoms with Crippen molar-refractivity contribution in [1.82, 2.24) is 4.98 Å². The van der Waals surface area contributed by atoms with Gasteiger partial charge in [-0.2, -0.15) is 5.26 Å². The molecule has 4 nitrogen and oxygen atoms in total. The van der Waals surface area contributed by atoms with Gasteiger partial charge in [0.25, 0.3) is 5.91 Å². The van der Waals surface area contributed by atoms with Crippen LogP contribution >= 0.6 is 11.3 Å². The number of aromatic nitrogens is 1. The van der Waals surface area contributed by atoms with E-state index in [0.717, 1.165) is 22.0 Å². The maximum Gasteiger partial charge on any atom is 0.267 e. The van der Waals surface area contributed by atoms with Crippen molar-refractivity contribution in [2.75, 3.05) is 5.32 Å². The summed E-state index contributed by atoms with van der Waals surface area (Å²) in [7, 11) is 0. The zero-order valence-corrected chi connectivity index (χ0v) is 11.5. The molecular weight excluding hydrogens is 258 g/mol. The van der Waals surface area contributed by atoms with Crippen LogP contribution in [-0.4, -0.2) is 10.9 Å². The fraction of sp³-hybridized carbons (Fsp3) is 0.214. The van der Waals surface area contributed by atoms with Crippen molar-refractivity contribution in [3.63, 3.8) is 0 Å². The molecule has 0 aliphatic rings. The van der Waals surface area contributed by atoms with Crippen molar-refractivity contribution in [2.24, 2.45) is 0 Å². The summed E-state index contributed by atoms with van der Waals surface area (Å²) in [6.45, 7) is 3.71. The number of hydrogen-bond acceptors (Lipinski definition) is 4.